The Bertz CT molecular complexity index is 1810. The number of nitrogens with zero attached hydrogens (tertiary/aromatic N) is 3. The molecule has 0 bridgehead atoms. The van der Waals surface area contributed by atoms with Gasteiger partial charge in [0.1, 0.15) is 17.2 Å². The minimum absolute atomic E-state index is 0.00941. The van der Waals surface area contributed by atoms with Crippen LogP contribution in [0.5, 0.6) is 5.75 Å². The third-order valence-corrected chi connectivity index (χ3v) is 10.9. The highest BCUT2D eigenvalue weighted by molar-refractivity contribution is 5.94. The summed E-state index contributed by atoms with van der Waals surface area (Å²) in [5, 5.41) is 14.7. The van der Waals surface area contributed by atoms with Crippen LogP contribution in [0.2, 0.25) is 0 Å². The summed E-state index contributed by atoms with van der Waals surface area (Å²) in [5.41, 5.74) is 2.59. The summed E-state index contributed by atoms with van der Waals surface area (Å²) in [7, 11) is 0. The molecule has 10 heteroatoms. The van der Waals surface area contributed by atoms with E-state index in [0.29, 0.717) is 29.3 Å². The first-order chi connectivity index (χ1) is 22.7. The molecule has 2 aromatic carbocycles. The third kappa shape index (κ3) is 5.84. The van der Waals surface area contributed by atoms with Gasteiger partial charge >= 0.3 is 12.1 Å². The minimum Gasteiger partial charge on any atom is -0.490 e. The number of halogens is 3. The molecule has 3 heterocycles. The van der Waals surface area contributed by atoms with E-state index in [-0.39, 0.29) is 28.7 Å². The molecule has 3 saturated carbocycles. The van der Waals surface area contributed by atoms with Gasteiger partial charge in [-0.1, -0.05) is 23.4 Å². The molecule has 8 rings (SSSR count). The van der Waals surface area contributed by atoms with E-state index >= 15 is 0 Å². The Labute approximate surface area is 271 Å². The Kier molecular flexibility index (Phi) is 7.44. The standard InChI is InChI=1S/C37H38F3N3O4/c38-37(39,40)29-8-4-3-7-26(29)33-28(34(47-42-33)23-9-10-23)17-22-20-36(21-22)13-15-43(16-14-36)24-11-12-30-27(18-24)32(19-31(41-30)35(44)45)46-25-5-1-2-6-25/h3-4,7-8,11-12,18-19,22-23,25H,1-2,5-6,9-10,13-17,20-21H2,(H,44,45). The lowest BCUT2D eigenvalue weighted by Gasteiger charge is -2.53. The van der Waals surface area contributed by atoms with Crippen molar-refractivity contribution in [3.05, 3.63) is 71.1 Å². The van der Waals surface area contributed by atoms with Gasteiger partial charge in [-0.05, 0) is 106 Å². The number of aromatic nitrogens is 2. The molecule has 47 heavy (non-hydrogen) atoms. The number of ether oxygens (including phenoxy) is 1. The van der Waals surface area contributed by atoms with Gasteiger partial charge in [0.05, 0.1) is 17.2 Å². The lowest BCUT2D eigenvalue weighted by molar-refractivity contribution is -0.137. The number of rotatable bonds is 8. The number of alkyl halides is 3. The van der Waals surface area contributed by atoms with Crippen LogP contribution in [-0.4, -0.2) is 40.4 Å². The van der Waals surface area contributed by atoms with Crippen molar-refractivity contribution in [3.8, 4) is 17.0 Å². The number of fused-ring (bicyclic) bond motifs is 1. The summed E-state index contributed by atoms with van der Waals surface area (Å²) < 4.78 is 53.8. The fourth-order valence-electron chi connectivity index (χ4n) is 8.35. The molecule has 1 aliphatic heterocycles. The van der Waals surface area contributed by atoms with Crippen molar-refractivity contribution in [2.45, 2.75) is 88.8 Å². The molecular formula is C37H38F3N3O4. The van der Waals surface area contributed by atoms with Crippen molar-refractivity contribution < 1.29 is 32.3 Å². The molecule has 1 N–H and O–H groups in total. The van der Waals surface area contributed by atoms with E-state index in [1.165, 1.54) is 12.1 Å². The molecule has 2 aromatic heterocycles. The van der Waals surface area contributed by atoms with E-state index in [2.05, 4.69) is 21.1 Å². The molecular weight excluding hydrogens is 607 g/mol. The highest BCUT2D eigenvalue weighted by atomic mass is 19.4. The number of pyridine rings is 1. The number of hydrogen-bond donors (Lipinski definition) is 1. The van der Waals surface area contributed by atoms with Crippen molar-refractivity contribution in [1.29, 1.82) is 0 Å². The number of hydrogen-bond acceptors (Lipinski definition) is 6. The van der Waals surface area contributed by atoms with Crippen molar-refractivity contribution in [2.75, 3.05) is 18.0 Å². The molecule has 4 aromatic rings. The van der Waals surface area contributed by atoms with Gasteiger partial charge in [0.15, 0.2) is 5.69 Å². The number of carboxylic acid groups (broad SMARTS) is 1. The Morgan fingerprint density at radius 1 is 1.02 bits per heavy atom. The van der Waals surface area contributed by atoms with Gasteiger partial charge < -0.3 is 19.3 Å². The second-order valence-electron chi connectivity index (χ2n) is 14.2. The highest BCUT2D eigenvalue weighted by Gasteiger charge is 2.47. The highest BCUT2D eigenvalue weighted by Crippen LogP contribution is 2.55. The molecule has 0 radical (unpaired) electrons. The van der Waals surface area contributed by atoms with Gasteiger partial charge in [-0.25, -0.2) is 9.78 Å². The monoisotopic (exact) mass is 645 g/mol. The minimum atomic E-state index is -4.46. The number of benzene rings is 2. The summed E-state index contributed by atoms with van der Waals surface area (Å²) >= 11 is 0. The Hall–Kier alpha value is -4.08. The first kappa shape index (κ1) is 30.3. The van der Waals surface area contributed by atoms with Crippen LogP contribution in [-0.2, 0) is 12.6 Å². The normalized spacial score (nSPS) is 20.2. The first-order valence-electron chi connectivity index (χ1n) is 16.9. The second-order valence-corrected chi connectivity index (χ2v) is 14.2. The Morgan fingerprint density at radius 3 is 2.47 bits per heavy atom. The molecule has 4 aliphatic rings. The predicted molar refractivity (Wildman–Crippen MR) is 171 cm³/mol. The Morgan fingerprint density at radius 2 is 1.77 bits per heavy atom. The van der Waals surface area contributed by atoms with Gasteiger partial charge in [-0.2, -0.15) is 13.2 Å². The average Bonchev–Trinajstić information content (AvgIpc) is 3.59. The predicted octanol–water partition coefficient (Wildman–Crippen LogP) is 9.04. The zero-order chi connectivity index (χ0) is 32.3. The van der Waals surface area contributed by atoms with Gasteiger partial charge in [0.25, 0.3) is 0 Å². The summed E-state index contributed by atoms with van der Waals surface area (Å²) in [6.45, 7) is 1.81. The lowest BCUT2D eigenvalue weighted by atomic mass is 9.56. The molecule has 246 valence electrons. The number of carbonyl (C=O) groups is 1. The van der Waals surface area contributed by atoms with Gasteiger partial charge in [-0.15, -0.1) is 0 Å². The van der Waals surface area contributed by atoms with E-state index in [1.54, 1.807) is 12.1 Å². The van der Waals surface area contributed by atoms with Crippen molar-refractivity contribution in [1.82, 2.24) is 10.1 Å². The quantitative estimate of drug-likeness (QED) is 0.205. The summed E-state index contributed by atoms with van der Waals surface area (Å²) in [5.74, 6) is 0.958. The zero-order valence-electron chi connectivity index (χ0n) is 26.2. The van der Waals surface area contributed by atoms with E-state index < -0.39 is 17.7 Å². The number of piperidine rings is 1. The van der Waals surface area contributed by atoms with Gasteiger partial charge in [-0.3, -0.25) is 0 Å². The van der Waals surface area contributed by atoms with Gasteiger partial charge in [0, 0.05) is 47.3 Å². The summed E-state index contributed by atoms with van der Waals surface area (Å²) in [6.07, 6.45) is 6.70. The summed E-state index contributed by atoms with van der Waals surface area (Å²) in [6, 6.07) is 13.3. The summed E-state index contributed by atoms with van der Waals surface area (Å²) in [4.78, 5) is 18.5. The zero-order valence-corrected chi connectivity index (χ0v) is 26.2. The second kappa shape index (κ2) is 11.6. The smallest absolute Gasteiger partial charge is 0.417 e. The molecule has 1 spiro atoms. The maximum atomic E-state index is 13.9. The van der Waals surface area contributed by atoms with Crippen molar-refractivity contribution in [2.24, 2.45) is 11.3 Å². The molecule has 0 unspecified atom stereocenters. The topological polar surface area (TPSA) is 88.7 Å². The van der Waals surface area contributed by atoms with Crippen LogP contribution < -0.4 is 9.64 Å². The molecule has 7 nitrogen and oxygen atoms in total. The fraction of sp³-hybridized carbons (Fsp3) is 0.486. The lowest BCUT2D eigenvalue weighted by Crippen LogP contribution is -2.47. The van der Waals surface area contributed by atoms with Crippen LogP contribution in [0.4, 0.5) is 18.9 Å². The van der Waals surface area contributed by atoms with Crippen LogP contribution in [0.25, 0.3) is 22.2 Å². The third-order valence-electron chi connectivity index (χ3n) is 10.9. The van der Waals surface area contributed by atoms with Crippen LogP contribution >= 0.6 is 0 Å². The first-order valence-corrected chi connectivity index (χ1v) is 16.9. The average molecular weight is 646 g/mol. The number of carboxylic acids is 1. The molecule has 0 amide bonds. The number of aromatic carboxylic acids is 1. The molecule has 4 fully saturated rings. The van der Waals surface area contributed by atoms with E-state index in [0.717, 1.165) is 106 Å². The van der Waals surface area contributed by atoms with E-state index in [9.17, 15) is 23.1 Å². The van der Waals surface area contributed by atoms with Gasteiger partial charge in [0.2, 0.25) is 0 Å². The van der Waals surface area contributed by atoms with Crippen LogP contribution in [0, 0.1) is 11.3 Å². The van der Waals surface area contributed by atoms with Crippen LogP contribution in [0.1, 0.15) is 97.5 Å². The largest absolute Gasteiger partial charge is 0.490 e. The number of anilines is 1. The molecule has 3 aliphatic carbocycles. The van der Waals surface area contributed by atoms with E-state index in [4.69, 9.17) is 9.26 Å². The maximum Gasteiger partial charge on any atom is 0.417 e. The molecule has 0 atom stereocenters. The Balaban J connectivity index is 0.965. The van der Waals surface area contributed by atoms with Crippen LogP contribution in [0.3, 0.4) is 0 Å². The van der Waals surface area contributed by atoms with Crippen LogP contribution in [0.15, 0.2) is 53.1 Å². The fourth-order valence-corrected chi connectivity index (χ4v) is 8.35. The van der Waals surface area contributed by atoms with E-state index in [1.807, 2.05) is 12.1 Å². The maximum absolute atomic E-state index is 13.9. The SMILES string of the molecule is O=C(O)c1cc(OC2CCCC2)c2cc(N3CCC4(CC3)CC(Cc3c(-c5ccccc5C(F)(F)F)noc3C3CC3)C4)ccc2n1. The van der Waals surface area contributed by atoms with Crippen molar-refractivity contribution >= 4 is 22.6 Å². The van der Waals surface area contributed by atoms with Crippen molar-refractivity contribution in [3.63, 3.8) is 0 Å². The molecule has 1 saturated heterocycles.